The highest BCUT2D eigenvalue weighted by molar-refractivity contribution is 7.99. The third kappa shape index (κ3) is 6.40. The van der Waals surface area contributed by atoms with Gasteiger partial charge in [0.1, 0.15) is 0 Å². The predicted octanol–water partition coefficient (Wildman–Crippen LogP) is 4.29. The third-order valence-electron chi connectivity index (χ3n) is 5.08. The molecule has 0 aliphatic heterocycles. The van der Waals surface area contributed by atoms with Gasteiger partial charge in [0.05, 0.1) is 18.3 Å². The van der Waals surface area contributed by atoms with Crippen molar-refractivity contribution in [2.75, 3.05) is 12.4 Å². The van der Waals surface area contributed by atoms with Crippen molar-refractivity contribution < 1.29 is 19.7 Å². The molecule has 1 aromatic rings. The molecule has 6 heteroatoms. The first-order valence-electron chi connectivity index (χ1n) is 9.71. The summed E-state index contributed by atoms with van der Waals surface area (Å²) in [7, 11) is 0. The number of primary amides is 1. The molecule has 0 radical (unpaired) electrons. The number of ether oxygens (including phenoxy) is 1. The van der Waals surface area contributed by atoms with Crippen molar-refractivity contribution in [3.8, 4) is 0 Å². The Balaban J connectivity index is 2.20. The first kappa shape index (κ1) is 22.1. The minimum atomic E-state index is -0.830. The molecule has 1 amide bonds. The summed E-state index contributed by atoms with van der Waals surface area (Å²) in [5, 5.41) is 21.5. The van der Waals surface area contributed by atoms with Crippen LogP contribution in [0.2, 0.25) is 0 Å². The largest absolute Gasteiger partial charge is 0.450 e. The topological polar surface area (TPSA) is 92.8 Å². The summed E-state index contributed by atoms with van der Waals surface area (Å²) in [6, 6.07) is 5.93. The zero-order valence-electron chi connectivity index (χ0n) is 16.7. The smallest absolute Gasteiger partial charge is 0.404 e. The molecule has 0 bridgehead atoms. The molecule has 2 rings (SSSR count). The van der Waals surface area contributed by atoms with Crippen molar-refractivity contribution in [2.24, 2.45) is 5.73 Å². The SMILES string of the molecule is CC(C)(C)c1c(SCC2(O)CCCCC2)cccc1C(O)CCOC(N)=O. The fourth-order valence-electron chi connectivity index (χ4n) is 3.74. The van der Waals surface area contributed by atoms with E-state index in [4.69, 9.17) is 10.5 Å². The van der Waals surface area contributed by atoms with Crippen molar-refractivity contribution in [3.05, 3.63) is 29.3 Å². The number of thioether (sulfide) groups is 1. The molecule has 1 aliphatic rings. The van der Waals surface area contributed by atoms with Crippen LogP contribution >= 0.6 is 11.8 Å². The first-order chi connectivity index (χ1) is 12.6. The molecule has 1 saturated carbocycles. The molecule has 1 aliphatic carbocycles. The normalized spacial score (nSPS) is 18.1. The van der Waals surface area contributed by atoms with E-state index in [2.05, 4.69) is 26.8 Å². The van der Waals surface area contributed by atoms with Gasteiger partial charge < -0.3 is 20.7 Å². The number of amides is 1. The lowest BCUT2D eigenvalue weighted by molar-refractivity contribution is 0.0273. The number of benzene rings is 1. The monoisotopic (exact) mass is 395 g/mol. The van der Waals surface area contributed by atoms with Crippen LogP contribution in [0.4, 0.5) is 4.79 Å². The fraction of sp³-hybridized carbons (Fsp3) is 0.667. The summed E-state index contributed by atoms with van der Waals surface area (Å²) in [6.07, 6.45) is 3.82. The second-order valence-electron chi connectivity index (χ2n) is 8.52. The fourth-order valence-corrected chi connectivity index (χ4v) is 5.20. The molecule has 0 spiro atoms. The zero-order valence-corrected chi connectivity index (χ0v) is 17.5. The Morgan fingerprint density at radius 3 is 2.56 bits per heavy atom. The Morgan fingerprint density at radius 2 is 1.96 bits per heavy atom. The molecule has 152 valence electrons. The van der Waals surface area contributed by atoms with Crippen LogP contribution in [0.25, 0.3) is 0 Å². The van der Waals surface area contributed by atoms with E-state index < -0.39 is 17.8 Å². The van der Waals surface area contributed by atoms with Gasteiger partial charge >= 0.3 is 6.09 Å². The van der Waals surface area contributed by atoms with Gasteiger partial charge in [0.25, 0.3) is 0 Å². The maximum absolute atomic E-state index is 10.8. The van der Waals surface area contributed by atoms with Crippen LogP contribution in [0, 0.1) is 0 Å². The van der Waals surface area contributed by atoms with Crippen LogP contribution in [0.15, 0.2) is 23.1 Å². The lowest BCUT2D eigenvalue weighted by Gasteiger charge is -2.33. The minimum absolute atomic E-state index is 0.0806. The Kier molecular flexibility index (Phi) is 7.60. The molecule has 1 unspecified atom stereocenters. The maximum Gasteiger partial charge on any atom is 0.404 e. The van der Waals surface area contributed by atoms with E-state index in [9.17, 15) is 15.0 Å². The zero-order chi connectivity index (χ0) is 20.1. The number of hydrogen-bond acceptors (Lipinski definition) is 5. The highest BCUT2D eigenvalue weighted by Crippen LogP contribution is 2.41. The second kappa shape index (κ2) is 9.30. The molecule has 1 aromatic carbocycles. The molecular weight excluding hydrogens is 362 g/mol. The van der Waals surface area contributed by atoms with Crippen LogP contribution < -0.4 is 5.73 Å². The van der Waals surface area contributed by atoms with Crippen LogP contribution in [-0.4, -0.2) is 34.3 Å². The summed E-state index contributed by atoms with van der Waals surface area (Å²) in [5.41, 5.74) is 6.16. The van der Waals surface area contributed by atoms with Crippen molar-refractivity contribution in [1.29, 1.82) is 0 Å². The van der Waals surface area contributed by atoms with Gasteiger partial charge in [0.2, 0.25) is 0 Å². The van der Waals surface area contributed by atoms with Gasteiger partial charge in [-0.05, 0) is 35.4 Å². The highest BCUT2D eigenvalue weighted by atomic mass is 32.2. The van der Waals surface area contributed by atoms with Gasteiger partial charge in [-0.25, -0.2) is 4.79 Å². The summed E-state index contributed by atoms with van der Waals surface area (Å²) < 4.78 is 4.77. The minimum Gasteiger partial charge on any atom is -0.450 e. The predicted molar refractivity (Wildman–Crippen MR) is 109 cm³/mol. The molecule has 27 heavy (non-hydrogen) atoms. The standard InChI is InChI=1S/C21H33NO4S/c1-20(2,3)18-15(16(23)10-13-26-19(22)24)8-7-9-17(18)27-14-21(25)11-5-4-6-12-21/h7-9,16,23,25H,4-6,10-14H2,1-3H3,(H2,22,24). The van der Waals surface area contributed by atoms with E-state index in [-0.39, 0.29) is 12.0 Å². The van der Waals surface area contributed by atoms with Gasteiger partial charge in [0.15, 0.2) is 0 Å². The molecular formula is C21H33NO4S. The Bertz CT molecular complexity index is 636. The molecule has 0 aromatic heterocycles. The number of nitrogens with two attached hydrogens (primary N) is 1. The lowest BCUT2D eigenvalue weighted by Crippen LogP contribution is -2.34. The Morgan fingerprint density at radius 1 is 1.30 bits per heavy atom. The number of carbonyl (C=O) groups excluding carboxylic acids is 1. The lowest BCUT2D eigenvalue weighted by atomic mass is 9.82. The number of carbonyl (C=O) groups is 1. The van der Waals surface area contributed by atoms with Crippen molar-refractivity contribution >= 4 is 17.9 Å². The number of rotatable bonds is 7. The maximum atomic E-state index is 10.8. The summed E-state index contributed by atoms with van der Waals surface area (Å²) >= 11 is 1.67. The van der Waals surface area contributed by atoms with E-state index in [1.165, 1.54) is 6.42 Å². The van der Waals surface area contributed by atoms with Crippen LogP contribution in [0.1, 0.15) is 76.5 Å². The third-order valence-corrected chi connectivity index (χ3v) is 6.42. The van der Waals surface area contributed by atoms with E-state index in [1.807, 2.05) is 12.1 Å². The van der Waals surface area contributed by atoms with Crippen molar-refractivity contribution in [3.63, 3.8) is 0 Å². The Labute approximate surface area is 166 Å². The summed E-state index contributed by atoms with van der Waals surface area (Å²) in [6.45, 7) is 6.45. The average molecular weight is 396 g/mol. The summed E-state index contributed by atoms with van der Waals surface area (Å²) in [5.74, 6) is 0.667. The van der Waals surface area contributed by atoms with Gasteiger partial charge in [-0.3, -0.25) is 0 Å². The molecule has 5 nitrogen and oxygen atoms in total. The number of aliphatic hydroxyl groups is 2. The van der Waals surface area contributed by atoms with E-state index in [1.54, 1.807) is 11.8 Å². The average Bonchev–Trinajstić information content (AvgIpc) is 2.59. The second-order valence-corrected chi connectivity index (χ2v) is 9.53. The molecule has 1 fully saturated rings. The molecule has 1 atom stereocenters. The van der Waals surface area contributed by atoms with Crippen molar-refractivity contribution in [1.82, 2.24) is 0 Å². The first-order valence-corrected chi connectivity index (χ1v) is 10.7. The summed E-state index contributed by atoms with van der Waals surface area (Å²) in [4.78, 5) is 11.8. The van der Waals surface area contributed by atoms with Gasteiger partial charge in [-0.15, -0.1) is 11.8 Å². The quantitative estimate of drug-likeness (QED) is 0.599. The molecule has 4 N–H and O–H groups in total. The number of hydrogen-bond donors (Lipinski definition) is 3. The number of aliphatic hydroxyl groups excluding tert-OH is 1. The molecule has 0 heterocycles. The van der Waals surface area contributed by atoms with Crippen LogP contribution in [0.5, 0.6) is 0 Å². The molecule has 0 saturated heterocycles. The highest BCUT2D eigenvalue weighted by Gasteiger charge is 2.31. The van der Waals surface area contributed by atoms with Gasteiger partial charge in [0, 0.05) is 17.1 Å². The van der Waals surface area contributed by atoms with E-state index >= 15 is 0 Å². The van der Waals surface area contributed by atoms with E-state index in [0.717, 1.165) is 41.7 Å². The van der Waals surface area contributed by atoms with Crippen LogP contribution in [-0.2, 0) is 10.2 Å². The Hall–Kier alpha value is -1.24. The van der Waals surface area contributed by atoms with Gasteiger partial charge in [-0.1, -0.05) is 52.2 Å². The van der Waals surface area contributed by atoms with E-state index in [0.29, 0.717) is 12.2 Å². The van der Waals surface area contributed by atoms with Crippen LogP contribution in [0.3, 0.4) is 0 Å². The van der Waals surface area contributed by atoms with Crippen molar-refractivity contribution in [2.45, 2.75) is 81.3 Å². The van der Waals surface area contributed by atoms with Gasteiger partial charge in [-0.2, -0.15) is 0 Å².